The number of amidine groups is 1. The molecule has 2 aliphatic heterocycles. The van der Waals surface area contributed by atoms with Gasteiger partial charge in [-0.15, -0.1) is 0 Å². The van der Waals surface area contributed by atoms with Gasteiger partial charge < -0.3 is 0 Å². The highest BCUT2D eigenvalue weighted by Gasteiger charge is 2.38. The minimum Gasteiger partial charge on any atom is -0.294 e. The van der Waals surface area contributed by atoms with Crippen LogP contribution in [-0.2, 0) is 10.5 Å². The van der Waals surface area contributed by atoms with Crippen molar-refractivity contribution in [2.45, 2.75) is 11.9 Å². The Morgan fingerprint density at radius 1 is 1.11 bits per heavy atom. The van der Waals surface area contributed by atoms with Crippen LogP contribution in [0.2, 0.25) is 5.02 Å². The first-order chi connectivity index (χ1) is 13.0. The third kappa shape index (κ3) is 3.50. The molecule has 27 heavy (non-hydrogen) atoms. The first-order valence-electron chi connectivity index (χ1n) is 7.98. The van der Waals surface area contributed by atoms with E-state index in [-0.39, 0.29) is 11.6 Å². The van der Waals surface area contributed by atoms with E-state index in [2.05, 4.69) is 10.5 Å². The van der Waals surface area contributed by atoms with Crippen molar-refractivity contribution in [3.05, 3.63) is 77.1 Å². The van der Waals surface area contributed by atoms with E-state index in [0.29, 0.717) is 15.9 Å². The number of amides is 1. The number of nitrogens with one attached hydrogen (secondary N) is 1. The van der Waals surface area contributed by atoms with Gasteiger partial charge in [0.1, 0.15) is 0 Å². The number of fused-ring (bicyclic) bond motifs is 1. The zero-order chi connectivity index (χ0) is 19.0. The molecular weight excluding hydrogens is 394 g/mol. The van der Waals surface area contributed by atoms with Crippen molar-refractivity contribution in [3.63, 3.8) is 0 Å². The van der Waals surface area contributed by atoms with Crippen molar-refractivity contribution < 1.29 is 13.6 Å². The number of nitrogens with zero attached hydrogens (tertiary/aromatic N) is 3. The molecule has 138 valence electrons. The van der Waals surface area contributed by atoms with Crippen molar-refractivity contribution in [1.29, 1.82) is 0 Å². The first kappa shape index (κ1) is 17.8. The molecule has 2 aliphatic rings. The van der Waals surface area contributed by atoms with Crippen LogP contribution in [0.5, 0.6) is 0 Å². The van der Waals surface area contributed by atoms with Gasteiger partial charge in [0.05, 0.1) is 5.69 Å². The van der Waals surface area contributed by atoms with E-state index < -0.39 is 17.8 Å². The van der Waals surface area contributed by atoms with Gasteiger partial charge in [0, 0.05) is 29.2 Å². The maximum atomic E-state index is 13.5. The highest BCUT2D eigenvalue weighted by molar-refractivity contribution is 8.13. The molecule has 0 radical (unpaired) electrons. The molecule has 1 atom stereocenters. The average molecular weight is 407 g/mol. The van der Waals surface area contributed by atoms with Gasteiger partial charge in [-0.2, -0.15) is 5.10 Å². The second-order valence-electron chi connectivity index (χ2n) is 5.85. The van der Waals surface area contributed by atoms with Crippen LogP contribution in [0.15, 0.2) is 60.0 Å². The van der Waals surface area contributed by atoms with E-state index in [4.69, 9.17) is 11.6 Å². The lowest BCUT2D eigenvalue weighted by Crippen LogP contribution is -2.52. The second kappa shape index (κ2) is 7.21. The van der Waals surface area contributed by atoms with Gasteiger partial charge in [-0.05, 0) is 29.8 Å². The molecule has 0 aliphatic carbocycles. The van der Waals surface area contributed by atoms with Crippen LogP contribution in [0.3, 0.4) is 0 Å². The first-order valence-corrected chi connectivity index (χ1v) is 9.34. The zero-order valence-electron chi connectivity index (χ0n) is 13.8. The van der Waals surface area contributed by atoms with Gasteiger partial charge in [0.15, 0.2) is 16.8 Å². The third-order valence-corrected chi connectivity index (χ3v) is 5.38. The SMILES string of the molecule is O=C1C2NN=C(SCc3ccc(Cl)cc3)N2C=CN1c1ccc(F)c(F)c1. The van der Waals surface area contributed by atoms with Crippen LogP contribution < -0.4 is 10.3 Å². The van der Waals surface area contributed by atoms with Crippen molar-refractivity contribution in [2.75, 3.05) is 4.90 Å². The highest BCUT2D eigenvalue weighted by atomic mass is 35.5. The van der Waals surface area contributed by atoms with Gasteiger partial charge in [-0.3, -0.25) is 20.0 Å². The molecule has 1 N–H and O–H groups in total. The Kier molecular flexibility index (Phi) is 4.75. The molecule has 5 nitrogen and oxygen atoms in total. The van der Waals surface area contributed by atoms with E-state index in [1.54, 1.807) is 11.1 Å². The minimum absolute atomic E-state index is 0.249. The maximum absolute atomic E-state index is 13.5. The predicted octanol–water partition coefficient (Wildman–Crippen LogP) is 3.87. The number of hydrogen-bond donors (Lipinski definition) is 1. The standard InChI is InChI=1S/C18H13ClF2N4OS/c19-12-3-1-11(2-4-12)10-27-18-23-22-16-17(26)24(7-8-25(16)18)13-5-6-14(20)15(21)9-13/h1-9,16,22H,10H2. The molecule has 0 fully saturated rings. The summed E-state index contributed by atoms with van der Waals surface area (Å²) < 4.78 is 26.6. The fourth-order valence-electron chi connectivity index (χ4n) is 2.70. The predicted molar refractivity (Wildman–Crippen MR) is 102 cm³/mol. The third-order valence-electron chi connectivity index (χ3n) is 4.09. The molecule has 0 bridgehead atoms. The van der Waals surface area contributed by atoms with Crippen molar-refractivity contribution in [3.8, 4) is 0 Å². The molecule has 1 amide bonds. The minimum atomic E-state index is -1.01. The topological polar surface area (TPSA) is 47.9 Å². The Morgan fingerprint density at radius 2 is 1.89 bits per heavy atom. The fourth-order valence-corrected chi connectivity index (χ4v) is 3.74. The summed E-state index contributed by atoms with van der Waals surface area (Å²) in [6, 6.07) is 10.8. The number of rotatable bonds is 3. The normalized spacial score (nSPS) is 18.4. The van der Waals surface area contributed by atoms with E-state index in [1.165, 1.54) is 28.9 Å². The number of carbonyl (C=O) groups is 1. The van der Waals surface area contributed by atoms with E-state index in [9.17, 15) is 13.6 Å². The molecule has 9 heteroatoms. The summed E-state index contributed by atoms with van der Waals surface area (Å²) in [5, 5.41) is 5.53. The Labute approximate surface area is 163 Å². The number of hydrogen-bond acceptors (Lipinski definition) is 5. The Balaban J connectivity index is 1.47. The van der Waals surface area contributed by atoms with Crippen LogP contribution in [0.1, 0.15) is 5.56 Å². The summed E-state index contributed by atoms with van der Waals surface area (Å²) in [5.74, 6) is -1.65. The molecule has 2 aromatic rings. The van der Waals surface area contributed by atoms with E-state index >= 15 is 0 Å². The maximum Gasteiger partial charge on any atom is 0.276 e. The molecular formula is C18H13ClF2N4OS. The summed E-state index contributed by atoms with van der Waals surface area (Å²) >= 11 is 7.36. The summed E-state index contributed by atoms with van der Waals surface area (Å²) in [5.41, 5.74) is 4.12. The van der Waals surface area contributed by atoms with Crippen LogP contribution in [0.25, 0.3) is 0 Å². The quantitative estimate of drug-likeness (QED) is 0.840. The zero-order valence-corrected chi connectivity index (χ0v) is 15.3. The summed E-state index contributed by atoms with van der Waals surface area (Å²) in [7, 11) is 0. The molecule has 2 heterocycles. The van der Waals surface area contributed by atoms with Crippen molar-refractivity contribution >= 4 is 40.1 Å². The van der Waals surface area contributed by atoms with Crippen molar-refractivity contribution in [1.82, 2.24) is 10.3 Å². The molecule has 0 saturated carbocycles. The van der Waals surface area contributed by atoms with Gasteiger partial charge >= 0.3 is 0 Å². The number of thioether (sulfide) groups is 1. The fraction of sp³-hybridized carbons (Fsp3) is 0.111. The monoisotopic (exact) mass is 406 g/mol. The van der Waals surface area contributed by atoms with Crippen LogP contribution in [-0.4, -0.2) is 22.1 Å². The Hall–Kier alpha value is -2.58. The summed E-state index contributed by atoms with van der Waals surface area (Å²) in [6.07, 6.45) is 2.47. The number of hydrazone groups is 1. The molecule has 2 aromatic carbocycles. The van der Waals surface area contributed by atoms with Crippen LogP contribution in [0.4, 0.5) is 14.5 Å². The van der Waals surface area contributed by atoms with Crippen LogP contribution >= 0.6 is 23.4 Å². The van der Waals surface area contributed by atoms with Crippen LogP contribution in [0, 0.1) is 11.6 Å². The lowest BCUT2D eigenvalue weighted by molar-refractivity contribution is -0.122. The number of halogens is 3. The Bertz CT molecular complexity index is 951. The number of carbonyl (C=O) groups excluding carboxylic acids is 1. The second-order valence-corrected chi connectivity index (χ2v) is 7.23. The van der Waals surface area contributed by atoms with Gasteiger partial charge in [0.2, 0.25) is 6.17 Å². The average Bonchev–Trinajstić information content (AvgIpc) is 3.08. The number of benzene rings is 2. The van der Waals surface area contributed by atoms with Gasteiger partial charge in [-0.25, -0.2) is 8.78 Å². The molecule has 0 spiro atoms. The van der Waals surface area contributed by atoms with E-state index in [0.717, 1.165) is 17.7 Å². The largest absolute Gasteiger partial charge is 0.294 e. The van der Waals surface area contributed by atoms with E-state index in [1.807, 2.05) is 24.3 Å². The number of anilines is 1. The van der Waals surface area contributed by atoms with Gasteiger partial charge in [-0.1, -0.05) is 35.5 Å². The molecule has 0 aromatic heterocycles. The molecule has 0 saturated heterocycles. The Morgan fingerprint density at radius 3 is 2.63 bits per heavy atom. The smallest absolute Gasteiger partial charge is 0.276 e. The van der Waals surface area contributed by atoms with Gasteiger partial charge in [0.25, 0.3) is 5.91 Å². The summed E-state index contributed by atoms with van der Waals surface area (Å²) in [4.78, 5) is 15.7. The summed E-state index contributed by atoms with van der Waals surface area (Å²) in [6.45, 7) is 0. The molecule has 4 rings (SSSR count). The highest BCUT2D eigenvalue weighted by Crippen LogP contribution is 2.28. The van der Waals surface area contributed by atoms with Crippen molar-refractivity contribution in [2.24, 2.45) is 5.10 Å². The molecule has 1 unspecified atom stereocenters. The lowest BCUT2D eigenvalue weighted by Gasteiger charge is -2.31. The lowest BCUT2D eigenvalue weighted by atomic mass is 10.2.